The zero-order chi connectivity index (χ0) is 25.4. The van der Waals surface area contributed by atoms with E-state index in [1.165, 1.54) is 76.9 Å². The average molecular weight is 485 g/mol. The normalized spacial score (nSPS) is 22.0. The smallest absolute Gasteiger partial charge is 0.0972 e. The molecule has 0 saturated carbocycles. The Kier molecular flexibility index (Phi) is 7.00. The van der Waals surface area contributed by atoms with Crippen molar-refractivity contribution in [2.45, 2.75) is 91.3 Å². The van der Waals surface area contributed by atoms with Crippen LogP contribution in [0.15, 0.2) is 42.9 Å². The summed E-state index contributed by atoms with van der Waals surface area (Å²) in [5, 5.41) is 3.79. The van der Waals surface area contributed by atoms with E-state index < -0.39 is 0 Å². The number of likely N-dealkylation sites (tertiary alicyclic amines) is 1. The monoisotopic (exact) mass is 484 g/mol. The molecule has 4 heterocycles. The maximum atomic E-state index is 4.78. The molecular formula is C32H44N4. The first-order valence-corrected chi connectivity index (χ1v) is 14.0. The molecule has 0 aliphatic carbocycles. The van der Waals surface area contributed by atoms with Gasteiger partial charge in [-0.15, -0.1) is 0 Å². The molecule has 1 unspecified atom stereocenters. The quantitative estimate of drug-likeness (QED) is 0.495. The average Bonchev–Trinajstić information content (AvgIpc) is 3.42. The summed E-state index contributed by atoms with van der Waals surface area (Å²) in [5.74, 6) is 1.22. The molecule has 192 valence electrons. The summed E-state index contributed by atoms with van der Waals surface area (Å²) in [6.45, 7) is 20.0. The molecule has 1 atom stereocenters. The highest BCUT2D eigenvalue weighted by Crippen LogP contribution is 2.38. The highest BCUT2D eigenvalue weighted by Gasteiger charge is 2.34. The van der Waals surface area contributed by atoms with Gasteiger partial charge in [0.15, 0.2) is 0 Å². The minimum atomic E-state index is 0.191. The van der Waals surface area contributed by atoms with Crippen LogP contribution in [-0.4, -0.2) is 40.0 Å². The summed E-state index contributed by atoms with van der Waals surface area (Å²) in [6, 6.07) is 7.68. The highest BCUT2D eigenvalue weighted by molar-refractivity contribution is 5.73. The van der Waals surface area contributed by atoms with E-state index >= 15 is 0 Å². The molecular weight excluding hydrogens is 440 g/mol. The second-order valence-corrected chi connectivity index (χ2v) is 11.7. The van der Waals surface area contributed by atoms with Crippen molar-refractivity contribution in [3.8, 4) is 11.1 Å². The zero-order valence-electron chi connectivity index (χ0n) is 23.1. The van der Waals surface area contributed by atoms with Gasteiger partial charge in [0.2, 0.25) is 0 Å². The van der Waals surface area contributed by atoms with E-state index in [4.69, 9.17) is 4.98 Å². The topological polar surface area (TPSA) is 31.4 Å². The van der Waals surface area contributed by atoms with Crippen LogP contribution >= 0.6 is 0 Å². The Balaban J connectivity index is 1.51. The standard InChI is InChI=1S/C32H44N4/c1-7-22(2)28-19-27(20-34-23(28)3)26-17-25-12-16-35(24(4)36-15-9-8-13-32(36,5)6)21-30(25)29(18-26)31-11-10-14-33-31/h7,17-20,31,33H,4,8-16,21H2,1-3,5-6H3/b22-7-. The van der Waals surface area contributed by atoms with Crippen molar-refractivity contribution in [3.05, 3.63) is 70.8 Å². The van der Waals surface area contributed by atoms with Gasteiger partial charge in [-0.05, 0) is 125 Å². The Morgan fingerprint density at radius 2 is 1.97 bits per heavy atom. The number of piperidine rings is 1. The predicted molar refractivity (Wildman–Crippen MR) is 152 cm³/mol. The van der Waals surface area contributed by atoms with Gasteiger partial charge < -0.3 is 15.1 Å². The molecule has 3 aliphatic heterocycles. The van der Waals surface area contributed by atoms with Crippen molar-refractivity contribution in [3.63, 3.8) is 0 Å². The Labute approximate surface area is 218 Å². The summed E-state index contributed by atoms with van der Waals surface area (Å²) < 4.78 is 0. The van der Waals surface area contributed by atoms with Crippen molar-refractivity contribution in [1.29, 1.82) is 0 Å². The first-order valence-electron chi connectivity index (χ1n) is 14.0. The lowest BCUT2D eigenvalue weighted by Gasteiger charge is -2.49. The minimum Gasteiger partial charge on any atom is -0.354 e. The molecule has 0 radical (unpaired) electrons. The van der Waals surface area contributed by atoms with Gasteiger partial charge in [0.1, 0.15) is 0 Å². The molecule has 2 aromatic rings. The number of hydrogen-bond acceptors (Lipinski definition) is 4. The van der Waals surface area contributed by atoms with E-state index in [9.17, 15) is 0 Å². The molecule has 36 heavy (non-hydrogen) atoms. The molecule has 5 rings (SSSR count). The molecule has 1 aromatic heterocycles. The van der Waals surface area contributed by atoms with E-state index in [-0.39, 0.29) is 5.54 Å². The van der Waals surface area contributed by atoms with Crippen molar-refractivity contribution < 1.29 is 0 Å². The van der Waals surface area contributed by atoms with Gasteiger partial charge in [0.25, 0.3) is 0 Å². The van der Waals surface area contributed by atoms with Crippen molar-refractivity contribution in [2.24, 2.45) is 0 Å². The van der Waals surface area contributed by atoms with Crippen molar-refractivity contribution >= 4 is 5.57 Å². The van der Waals surface area contributed by atoms with E-state index in [0.717, 1.165) is 38.3 Å². The fourth-order valence-corrected chi connectivity index (χ4v) is 6.51. The number of hydrogen-bond donors (Lipinski definition) is 1. The van der Waals surface area contributed by atoms with E-state index in [1.54, 1.807) is 0 Å². The number of aromatic nitrogens is 1. The molecule has 0 bridgehead atoms. The van der Waals surface area contributed by atoms with Gasteiger partial charge in [-0.1, -0.05) is 18.7 Å². The maximum absolute atomic E-state index is 4.78. The number of benzene rings is 1. The second-order valence-electron chi connectivity index (χ2n) is 11.7. The largest absolute Gasteiger partial charge is 0.354 e. The van der Waals surface area contributed by atoms with Crippen LogP contribution in [0.4, 0.5) is 0 Å². The first-order chi connectivity index (χ1) is 17.3. The SMILES string of the molecule is C=C(N1CCc2cc(-c3cnc(C)c(/C(C)=C\C)c3)cc(C3CCCN3)c2C1)N1CCCCC1(C)C. The Bertz CT molecular complexity index is 1170. The number of pyridine rings is 1. The molecule has 3 aliphatic rings. The van der Waals surface area contributed by atoms with Gasteiger partial charge in [-0.3, -0.25) is 4.98 Å². The summed E-state index contributed by atoms with van der Waals surface area (Å²) in [5.41, 5.74) is 10.9. The summed E-state index contributed by atoms with van der Waals surface area (Å²) in [6.07, 6.45) is 11.6. The van der Waals surface area contributed by atoms with Gasteiger partial charge in [-0.2, -0.15) is 0 Å². The fraction of sp³-hybridized carbons (Fsp3) is 0.531. The van der Waals surface area contributed by atoms with Crippen LogP contribution in [0.3, 0.4) is 0 Å². The van der Waals surface area contributed by atoms with Crippen LogP contribution in [0, 0.1) is 6.92 Å². The number of nitrogens with zero attached hydrogens (tertiary/aromatic N) is 3. The number of nitrogens with one attached hydrogen (secondary N) is 1. The third-order valence-electron chi connectivity index (χ3n) is 8.92. The molecule has 2 saturated heterocycles. The fourth-order valence-electron chi connectivity index (χ4n) is 6.51. The van der Waals surface area contributed by atoms with Gasteiger partial charge >= 0.3 is 0 Å². The number of aryl methyl sites for hydroxylation is 1. The summed E-state index contributed by atoms with van der Waals surface area (Å²) >= 11 is 0. The molecule has 0 amide bonds. The predicted octanol–water partition coefficient (Wildman–Crippen LogP) is 7.00. The van der Waals surface area contributed by atoms with Crippen LogP contribution in [-0.2, 0) is 13.0 Å². The van der Waals surface area contributed by atoms with Crippen LogP contribution in [0.1, 0.15) is 93.8 Å². The molecule has 4 heteroatoms. The Morgan fingerprint density at radius 3 is 2.69 bits per heavy atom. The lowest BCUT2D eigenvalue weighted by molar-refractivity contribution is 0.0687. The van der Waals surface area contributed by atoms with E-state index in [1.807, 2.05) is 0 Å². The first kappa shape index (κ1) is 25.1. The number of rotatable bonds is 5. The van der Waals surface area contributed by atoms with E-state index in [2.05, 4.69) is 86.8 Å². The number of allylic oxidation sites excluding steroid dienone is 2. The van der Waals surface area contributed by atoms with Crippen molar-refractivity contribution in [1.82, 2.24) is 20.1 Å². The molecule has 4 nitrogen and oxygen atoms in total. The van der Waals surface area contributed by atoms with Gasteiger partial charge in [0.05, 0.1) is 5.82 Å². The lowest BCUT2D eigenvalue weighted by Crippen LogP contribution is -2.50. The second kappa shape index (κ2) is 10.0. The van der Waals surface area contributed by atoms with Crippen molar-refractivity contribution in [2.75, 3.05) is 19.6 Å². The third-order valence-corrected chi connectivity index (χ3v) is 8.92. The third kappa shape index (κ3) is 4.72. The van der Waals surface area contributed by atoms with Crippen LogP contribution in [0.25, 0.3) is 16.7 Å². The summed E-state index contributed by atoms with van der Waals surface area (Å²) in [7, 11) is 0. The zero-order valence-corrected chi connectivity index (χ0v) is 23.1. The van der Waals surface area contributed by atoms with Crippen LogP contribution < -0.4 is 5.32 Å². The molecule has 2 fully saturated rings. The minimum absolute atomic E-state index is 0.191. The Hall–Kier alpha value is -2.59. The Morgan fingerprint density at radius 1 is 1.14 bits per heavy atom. The maximum Gasteiger partial charge on any atom is 0.0972 e. The highest BCUT2D eigenvalue weighted by atomic mass is 15.4. The molecule has 1 N–H and O–H groups in total. The van der Waals surface area contributed by atoms with Gasteiger partial charge in [-0.25, -0.2) is 0 Å². The molecule has 1 aromatic carbocycles. The molecule has 0 spiro atoms. The number of fused-ring (bicyclic) bond motifs is 1. The van der Waals surface area contributed by atoms with E-state index in [0.29, 0.717) is 6.04 Å². The van der Waals surface area contributed by atoms with Crippen LogP contribution in [0.2, 0.25) is 0 Å². The van der Waals surface area contributed by atoms with Gasteiger partial charge in [0, 0.05) is 48.7 Å². The summed E-state index contributed by atoms with van der Waals surface area (Å²) in [4.78, 5) is 9.91. The van der Waals surface area contributed by atoms with Crippen LogP contribution in [0.5, 0.6) is 0 Å². The lowest BCUT2D eigenvalue weighted by atomic mass is 9.86.